The lowest BCUT2D eigenvalue weighted by Gasteiger charge is -2.28. The molecular formula is C21H22F3N5O4. The number of carbonyl (C=O) groups is 2. The van der Waals surface area contributed by atoms with Gasteiger partial charge >= 0.3 is 6.18 Å². The van der Waals surface area contributed by atoms with E-state index in [1.807, 2.05) is 0 Å². The van der Waals surface area contributed by atoms with E-state index in [0.29, 0.717) is 12.0 Å². The van der Waals surface area contributed by atoms with E-state index in [1.165, 1.54) is 12.3 Å². The molecular weight excluding hydrogens is 443 g/mol. The van der Waals surface area contributed by atoms with Crippen LogP contribution in [0.5, 0.6) is 0 Å². The molecule has 1 aromatic heterocycles. The third-order valence-corrected chi connectivity index (χ3v) is 6.14. The van der Waals surface area contributed by atoms with Gasteiger partial charge in [-0.05, 0) is 37.8 Å². The lowest BCUT2D eigenvalue weighted by molar-refractivity contribution is -0.255. The van der Waals surface area contributed by atoms with Gasteiger partial charge in [-0.15, -0.1) is 0 Å². The third-order valence-electron chi connectivity index (χ3n) is 6.14. The lowest BCUT2D eigenvalue weighted by atomic mass is 9.89. The summed E-state index contributed by atoms with van der Waals surface area (Å²) >= 11 is 0. The number of hydrogen-bond donors (Lipinski definition) is 4. The van der Waals surface area contributed by atoms with Crippen molar-refractivity contribution in [3.05, 3.63) is 41.2 Å². The lowest BCUT2D eigenvalue weighted by Crippen LogP contribution is -2.52. The Morgan fingerprint density at radius 2 is 2.00 bits per heavy atom. The average Bonchev–Trinajstić information content (AvgIpc) is 3.36. The van der Waals surface area contributed by atoms with Gasteiger partial charge in [0.2, 0.25) is 0 Å². The van der Waals surface area contributed by atoms with Crippen molar-refractivity contribution in [1.82, 2.24) is 15.3 Å². The maximum absolute atomic E-state index is 13.5. The summed E-state index contributed by atoms with van der Waals surface area (Å²) in [5.74, 6) is -2.71. The number of fused-ring (bicyclic) bond motifs is 2. The van der Waals surface area contributed by atoms with Gasteiger partial charge in [0.1, 0.15) is 0 Å². The summed E-state index contributed by atoms with van der Waals surface area (Å²) in [6.07, 6.45) is -1.68. The van der Waals surface area contributed by atoms with E-state index in [2.05, 4.69) is 15.3 Å². The number of nitrogens with one attached hydrogen (secondary N) is 1. The Morgan fingerprint density at radius 3 is 2.58 bits per heavy atom. The van der Waals surface area contributed by atoms with E-state index in [1.54, 1.807) is 6.92 Å². The molecule has 2 aliphatic rings. The van der Waals surface area contributed by atoms with Gasteiger partial charge in [0.25, 0.3) is 17.4 Å². The number of carbonyl (C=O) groups excluding carboxylic acids is 2. The van der Waals surface area contributed by atoms with Gasteiger partial charge in [-0.25, -0.2) is 9.97 Å². The second-order valence-corrected chi connectivity index (χ2v) is 8.28. The van der Waals surface area contributed by atoms with Crippen LogP contribution in [0.4, 0.5) is 19.0 Å². The van der Waals surface area contributed by atoms with Gasteiger partial charge in [-0.2, -0.15) is 13.2 Å². The Hall–Kier alpha value is -3.25. The van der Waals surface area contributed by atoms with Crippen molar-refractivity contribution in [2.75, 3.05) is 5.73 Å². The van der Waals surface area contributed by atoms with Crippen molar-refractivity contribution in [2.24, 2.45) is 5.73 Å². The standard InChI is InChI=1S/C21H22F3N5O4/c1-9-2-3-10(20(32,19(26)31)21(22,23)24)6-12(9)14-8-27-17(25)16(28-14)18(30)29-13-7-11-4-5-15(13)33-11/h2-3,6,8,11,13,15,32H,4-5,7H2,1H3,(H2,25,27)(H2,26,31)(H,29,30)/t11?,13-,15?,20?/m1/s1. The number of aryl methyl sites for hydroxylation is 1. The number of nitrogens with zero attached hydrogens (tertiary/aromatic N) is 2. The maximum Gasteiger partial charge on any atom is 0.430 e. The number of benzene rings is 1. The second-order valence-electron chi connectivity index (χ2n) is 8.28. The molecule has 9 nitrogen and oxygen atoms in total. The number of alkyl halides is 3. The Labute approximate surface area is 186 Å². The zero-order valence-corrected chi connectivity index (χ0v) is 17.5. The van der Waals surface area contributed by atoms with Crippen LogP contribution < -0.4 is 16.8 Å². The highest BCUT2D eigenvalue weighted by Crippen LogP contribution is 2.40. The van der Waals surface area contributed by atoms with E-state index < -0.39 is 29.2 Å². The summed E-state index contributed by atoms with van der Waals surface area (Å²) in [7, 11) is 0. The van der Waals surface area contributed by atoms with E-state index in [4.69, 9.17) is 16.2 Å². The quantitative estimate of drug-likeness (QED) is 0.519. The zero-order chi connectivity index (χ0) is 24.1. The van der Waals surface area contributed by atoms with Crippen LogP contribution in [0.25, 0.3) is 11.3 Å². The van der Waals surface area contributed by atoms with Crippen LogP contribution in [-0.4, -0.2) is 51.3 Å². The van der Waals surface area contributed by atoms with Crippen LogP contribution in [0.1, 0.15) is 40.9 Å². The molecule has 3 heterocycles. The van der Waals surface area contributed by atoms with Crippen LogP contribution >= 0.6 is 0 Å². The number of nitrogen functional groups attached to an aromatic ring is 1. The molecule has 2 saturated heterocycles. The van der Waals surface area contributed by atoms with Crippen LogP contribution in [0.2, 0.25) is 0 Å². The maximum atomic E-state index is 13.5. The fourth-order valence-electron chi connectivity index (χ4n) is 4.29. The van der Waals surface area contributed by atoms with Crippen LogP contribution in [0.15, 0.2) is 24.4 Å². The van der Waals surface area contributed by atoms with Gasteiger partial charge < -0.3 is 26.6 Å². The normalized spacial score (nSPS) is 23.8. The fourth-order valence-corrected chi connectivity index (χ4v) is 4.29. The number of halogens is 3. The molecule has 1 aromatic carbocycles. The number of ether oxygens (including phenoxy) is 1. The highest BCUT2D eigenvalue weighted by Gasteiger charge is 2.60. The molecule has 2 fully saturated rings. The zero-order valence-electron chi connectivity index (χ0n) is 17.5. The molecule has 2 bridgehead atoms. The number of hydrogen-bond acceptors (Lipinski definition) is 7. The monoisotopic (exact) mass is 465 g/mol. The Morgan fingerprint density at radius 1 is 1.27 bits per heavy atom. The third kappa shape index (κ3) is 3.89. The van der Waals surface area contributed by atoms with Crippen LogP contribution in [0.3, 0.4) is 0 Å². The average molecular weight is 465 g/mol. The van der Waals surface area contributed by atoms with Crippen LogP contribution in [-0.2, 0) is 15.1 Å². The Balaban J connectivity index is 1.69. The fraction of sp³-hybridized carbons (Fsp3) is 0.429. The summed E-state index contributed by atoms with van der Waals surface area (Å²) in [6.45, 7) is 1.58. The molecule has 0 radical (unpaired) electrons. The van der Waals surface area contributed by atoms with Gasteiger partial charge in [0.15, 0.2) is 11.5 Å². The van der Waals surface area contributed by atoms with E-state index in [9.17, 15) is 27.9 Å². The molecule has 12 heteroatoms. The molecule has 0 spiro atoms. The number of primary amides is 1. The second kappa shape index (κ2) is 7.96. The minimum atomic E-state index is -5.36. The first-order valence-corrected chi connectivity index (χ1v) is 10.2. The minimum Gasteiger partial charge on any atom is -0.382 e. The van der Waals surface area contributed by atoms with Crippen molar-refractivity contribution < 1.29 is 32.6 Å². The van der Waals surface area contributed by atoms with E-state index >= 15 is 0 Å². The first kappa shape index (κ1) is 22.9. The molecule has 2 amide bonds. The van der Waals surface area contributed by atoms with Gasteiger partial charge in [-0.3, -0.25) is 9.59 Å². The summed E-state index contributed by atoms with van der Waals surface area (Å²) in [5.41, 5.74) is 6.45. The van der Waals surface area contributed by atoms with Crippen molar-refractivity contribution in [3.8, 4) is 11.3 Å². The first-order chi connectivity index (χ1) is 15.4. The number of rotatable bonds is 5. The molecule has 2 aliphatic heterocycles. The molecule has 6 N–H and O–H groups in total. The molecule has 2 aromatic rings. The Bertz CT molecular complexity index is 1130. The molecule has 3 unspecified atom stereocenters. The van der Waals surface area contributed by atoms with E-state index in [0.717, 1.165) is 25.0 Å². The SMILES string of the molecule is Cc1ccc(C(O)(C(N)=O)C(F)(F)F)cc1-c1cnc(N)c(C(=O)N[C@@H]2CC3CCC2O3)n1. The predicted molar refractivity (Wildman–Crippen MR) is 110 cm³/mol. The first-order valence-electron chi connectivity index (χ1n) is 10.2. The number of nitrogens with two attached hydrogens (primary N) is 2. The number of anilines is 1. The molecule has 176 valence electrons. The summed E-state index contributed by atoms with van der Waals surface area (Å²) in [6, 6.07) is 2.97. The van der Waals surface area contributed by atoms with E-state index in [-0.39, 0.29) is 41.0 Å². The van der Waals surface area contributed by atoms with Crippen molar-refractivity contribution >= 4 is 17.6 Å². The Kier molecular flexibility index (Phi) is 5.53. The molecule has 33 heavy (non-hydrogen) atoms. The topological polar surface area (TPSA) is 153 Å². The smallest absolute Gasteiger partial charge is 0.382 e. The van der Waals surface area contributed by atoms with Crippen molar-refractivity contribution in [1.29, 1.82) is 0 Å². The van der Waals surface area contributed by atoms with Gasteiger partial charge in [-0.1, -0.05) is 12.1 Å². The van der Waals surface area contributed by atoms with Crippen molar-refractivity contribution in [3.63, 3.8) is 0 Å². The number of aromatic nitrogens is 2. The highest BCUT2D eigenvalue weighted by molar-refractivity contribution is 5.97. The molecule has 4 rings (SSSR count). The summed E-state index contributed by atoms with van der Waals surface area (Å²) in [4.78, 5) is 32.5. The van der Waals surface area contributed by atoms with Gasteiger partial charge in [0, 0.05) is 11.1 Å². The van der Waals surface area contributed by atoms with Crippen molar-refractivity contribution in [2.45, 2.75) is 56.2 Å². The van der Waals surface area contributed by atoms with Gasteiger partial charge in [0.05, 0.1) is 30.1 Å². The molecule has 0 saturated carbocycles. The van der Waals surface area contributed by atoms with Crippen LogP contribution in [0, 0.1) is 6.92 Å². The largest absolute Gasteiger partial charge is 0.430 e. The summed E-state index contributed by atoms with van der Waals surface area (Å²) < 4.78 is 46.2. The predicted octanol–water partition coefficient (Wildman–Crippen LogP) is 1.32. The molecule has 4 atom stereocenters. The molecule has 0 aliphatic carbocycles. The number of amides is 2. The highest BCUT2D eigenvalue weighted by atomic mass is 19.4. The summed E-state index contributed by atoms with van der Waals surface area (Å²) in [5, 5.41) is 13.0. The number of aliphatic hydroxyl groups is 1. The minimum absolute atomic E-state index is 0.0342.